The van der Waals surface area contributed by atoms with Gasteiger partial charge in [-0.1, -0.05) is 17.8 Å². The topological polar surface area (TPSA) is 52.8 Å². The molecule has 2 aromatic heterocycles. The van der Waals surface area contributed by atoms with Crippen LogP contribution in [-0.2, 0) is 7.05 Å². The van der Waals surface area contributed by atoms with Gasteiger partial charge in [0.15, 0.2) is 5.65 Å². The SMILES string of the molecule is C=CCSc1nnc2c3cc(OC)ccc3n(C)c2n1. The standard InChI is InChI=1S/C14H14N4OS/c1-4-7-20-14-15-13-12(16-17-14)10-8-9(19-3)5-6-11(10)18(13)2/h4-6,8H,1,7H2,2-3H3. The highest BCUT2D eigenvalue weighted by Crippen LogP contribution is 2.29. The number of hydrogen-bond donors (Lipinski definition) is 0. The second kappa shape index (κ2) is 5.13. The summed E-state index contributed by atoms with van der Waals surface area (Å²) < 4.78 is 7.29. The summed E-state index contributed by atoms with van der Waals surface area (Å²) in [6.45, 7) is 3.69. The molecule has 0 radical (unpaired) electrons. The molecule has 0 saturated carbocycles. The highest BCUT2D eigenvalue weighted by Gasteiger charge is 2.13. The number of rotatable bonds is 4. The van der Waals surface area contributed by atoms with Crippen molar-refractivity contribution in [2.45, 2.75) is 5.16 Å². The van der Waals surface area contributed by atoms with Crippen LogP contribution in [-0.4, -0.2) is 32.6 Å². The fourth-order valence-electron chi connectivity index (χ4n) is 2.14. The molecule has 0 aliphatic rings. The summed E-state index contributed by atoms with van der Waals surface area (Å²) in [6.07, 6.45) is 1.82. The molecule has 1 aromatic carbocycles. The van der Waals surface area contributed by atoms with E-state index >= 15 is 0 Å². The molecule has 0 unspecified atom stereocenters. The fourth-order valence-corrected chi connectivity index (χ4v) is 2.66. The first-order chi connectivity index (χ1) is 9.74. The molecule has 2 heterocycles. The van der Waals surface area contributed by atoms with Gasteiger partial charge in [-0.2, -0.15) is 0 Å². The highest BCUT2D eigenvalue weighted by atomic mass is 32.2. The second-order valence-corrected chi connectivity index (χ2v) is 5.30. The lowest BCUT2D eigenvalue weighted by Gasteiger charge is -1.99. The number of benzene rings is 1. The third-order valence-corrected chi connectivity index (χ3v) is 3.95. The molecular weight excluding hydrogens is 272 g/mol. The minimum atomic E-state index is 0.662. The quantitative estimate of drug-likeness (QED) is 0.545. The van der Waals surface area contributed by atoms with E-state index in [1.807, 2.05) is 35.9 Å². The van der Waals surface area contributed by atoms with E-state index in [0.717, 1.165) is 33.6 Å². The molecule has 0 saturated heterocycles. The second-order valence-electron chi connectivity index (χ2n) is 4.31. The average Bonchev–Trinajstić information content (AvgIpc) is 2.77. The molecule has 102 valence electrons. The summed E-state index contributed by atoms with van der Waals surface area (Å²) in [5.74, 6) is 1.57. The van der Waals surface area contributed by atoms with Crippen LogP contribution in [0.25, 0.3) is 22.1 Å². The number of aromatic nitrogens is 4. The van der Waals surface area contributed by atoms with E-state index in [9.17, 15) is 0 Å². The zero-order chi connectivity index (χ0) is 14.1. The molecule has 0 aliphatic carbocycles. The van der Waals surface area contributed by atoms with Crippen LogP contribution in [0.2, 0.25) is 0 Å². The van der Waals surface area contributed by atoms with Crippen molar-refractivity contribution in [3.8, 4) is 5.75 Å². The molecule has 0 aliphatic heterocycles. The molecule has 5 nitrogen and oxygen atoms in total. The van der Waals surface area contributed by atoms with Gasteiger partial charge in [0.05, 0.1) is 12.6 Å². The summed E-state index contributed by atoms with van der Waals surface area (Å²) in [7, 11) is 3.63. The third kappa shape index (κ3) is 2.02. The lowest BCUT2D eigenvalue weighted by Crippen LogP contribution is -1.95. The van der Waals surface area contributed by atoms with Crippen LogP contribution in [0.15, 0.2) is 36.0 Å². The van der Waals surface area contributed by atoms with Crippen molar-refractivity contribution in [3.05, 3.63) is 30.9 Å². The number of fused-ring (bicyclic) bond motifs is 3. The number of aryl methyl sites for hydroxylation is 1. The van der Waals surface area contributed by atoms with Crippen LogP contribution in [0.5, 0.6) is 5.75 Å². The number of ether oxygens (including phenoxy) is 1. The average molecular weight is 286 g/mol. The summed E-state index contributed by atoms with van der Waals surface area (Å²) in [6, 6.07) is 5.90. The van der Waals surface area contributed by atoms with Crippen molar-refractivity contribution in [1.82, 2.24) is 19.7 Å². The van der Waals surface area contributed by atoms with Gasteiger partial charge in [0.2, 0.25) is 5.16 Å². The van der Waals surface area contributed by atoms with Crippen molar-refractivity contribution < 1.29 is 4.74 Å². The summed E-state index contributed by atoms with van der Waals surface area (Å²) in [5, 5.41) is 10.1. The Morgan fingerprint density at radius 3 is 3.00 bits per heavy atom. The summed E-state index contributed by atoms with van der Waals surface area (Å²) in [5.41, 5.74) is 2.69. The van der Waals surface area contributed by atoms with Gasteiger partial charge in [0, 0.05) is 18.2 Å². The maximum absolute atomic E-state index is 5.26. The first-order valence-electron chi connectivity index (χ1n) is 6.15. The van der Waals surface area contributed by atoms with Gasteiger partial charge in [0.1, 0.15) is 11.3 Å². The van der Waals surface area contributed by atoms with Crippen molar-refractivity contribution in [2.24, 2.45) is 7.05 Å². The molecule has 0 N–H and O–H groups in total. The first kappa shape index (κ1) is 12.9. The lowest BCUT2D eigenvalue weighted by molar-refractivity contribution is 0.415. The Morgan fingerprint density at radius 1 is 1.40 bits per heavy atom. The van der Waals surface area contributed by atoms with E-state index < -0.39 is 0 Å². The minimum Gasteiger partial charge on any atom is -0.497 e. The van der Waals surface area contributed by atoms with Crippen LogP contribution in [0, 0.1) is 0 Å². The van der Waals surface area contributed by atoms with Gasteiger partial charge in [-0.3, -0.25) is 0 Å². The highest BCUT2D eigenvalue weighted by molar-refractivity contribution is 7.99. The zero-order valence-corrected chi connectivity index (χ0v) is 12.1. The molecular formula is C14H14N4OS. The Labute approximate surface area is 120 Å². The summed E-state index contributed by atoms with van der Waals surface area (Å²) >= 11 is 1.52. The van der Waals surface area contributed by atoms with E-state index in [1.54, 1.807) is 7.11 Å². The van der Waals surface area contributed by atoms with Crippen LogP contribution in [0.4, 0.5) is 0 Å². The zero-order valence-electron chi connectivity index (χ0n) is 11.3. The Morgan fingerprint density at radius 2 is 2.25 bits per heavy atom. The molecule has 0 atom stereocenters. The number of hydrogen-bond acceptors (Lipinski definition) is 5. The predicted octanol–water partition coefficient (Wildman–Crippen LogP) is 2.80. The van der Waals surface area contributed by atoms with Crippen LogP contribution < -0.4 is 4.74 Å². The van der Waals surface area contributed by atoms with Crippen molar-refractivity contribution >= 4 is 33.8 Å². The molecule has 3 aromatic rings. The number of nitrogens with zero attached hydrogens (tertiary/aromatic N) is 4. The van der Waals surface area contributed by atoms with Crippen molar-refractivity contribution in [2.75, 3.05) is 12.9 Å². The number of thioether (sulfide) groups is 1. The van der Waals surface area contributed by atoms with E-state index in [4.69, 9.17) is 4.74 Å². The van der Waals surface area contributed by atoms with Gasteiger partial charge >= 0.3 is 0 Å². The lowest BCUT2D eigenvalue weighted by atomic mass is 10.2. The predicted molar refractivity (Wildman–Crippen MR) is 81.3 cm³/mol. The number of methoxy groups -OCH3 is 1. The monoisotopic (exact) mass is 286 g/mol. The normalized spacial score (nSPS) is 11.1. The largest absolute Gasteiger partial charge is 0.497 e. The van der Waals surface area contributed by atoms with Gasteiger partial charge < -0.3 is 9.30 Å². The van der Waals surface area contributed by atoms with Gasteiger partial charge in [-0.15, -0.1) is 16.8 Å². The Balaban J connectivity index is 2.22. The van der Waals surface area contributed by atoms with Crippen molar-refractivity contribution in [3.63, 3.8) is 0 Å². The van der Waals surface area contributed by atoms with Crippen molar-refractivity contribution in [1.29, 1.82) is 0 Å². The smallest absolute Gasteiger partial charge is 0.211 e. The molecule has 6 heteroatoms. The van der Waals surface area contributed by atoms with E-state index in [2.05, 4.69) is 21.8 Å². The summed E-state index contributed by atoms with van der Waals surface area (Å²) in [4.78, 5) is 4.57. The van der Waals surface area contributed by atoms with Crippen LogP contribution >= 0.6 is 11.8 Å². The van der Waals surface area contributed by atoms with E-state index in [0.29, 0.717) is 5.16 Å². The van der Waals surface area contributed by atoms with Gasteiger partial charge in [-0.25, -0.2) is 4.98 Å². The maximum Gasteiger partial charge on any atom is 0.211 e. The fraction of sp³-hybridized carbons (Fsp3) is 0.214. The van der Waals surface area contributed by atoms with Crippen LogP contribution in [0.1, 0.15) is 0 Å². The molecule has 0 bridgehead atoms. The van der Waals surface area contributed by atoms with Gasteiger partial charge in [0.25, 0.3) is 0 Å². The molecule has 20 heavy (non-hydrogen) atoms. The third-order valence-electron chi connectivity index (χ3n) is 3.12. The van der Waals surface area contributed by atoms with E-state index in [1.165, 1.54) is 11.8 Å². The molecule has 3 rings (SSSR count). The Kier molecular flexibility index (Phi) is 3.31. The Hall–Kier alpha value is -2.08. The Bertz CT molecular complexity index is 797. The maximum atomic E-state index is 5.26. The van der Waals surface area contributed by atoms with Crippen LogP contribution in [0.3, 0.4) is 0 Å². The van der Waals surface area contributed by atoms with E-state index in [-0.39, 0.29) is 0 Å². The molecule has 0 amide bonds. The minimum absolute atomic E-state index is 0.662. The first-order valence-corrected chi connectivity index (χ1v) is 7.13. The molecule has 0 fully saturated rings. The van der Waals surface area contributed by atoms with Gasteiger partial charge in [-0.05, 0) is 18.2 Å². The molecule has 0 spiro atoms.